The van der Waals surface area contributed by atoms with Gasteiger partial charge in [0.1, 0.15) is 5.75 Å². The van der Waals surface area contributed by atoms with Crippen LogP contribution in [0.2, 0.25) is 0 Å². The van der Waals surface area contributed by atoms with Gasteiger partial charge in [0.25, 0.3) is 6.57 Å². The summed E-state index contributed by atoms with van der Waals surface area (Å²) < 4.78 is 10.7. The van der Waals surface area contributed by atoms with Crippen molar-refractivity contribution in [1.29, 1.82) is 0 Å². The van der Waals surface area contributed by atoms with Gasteiger partial charge in [-0.3, -0.25) is 0 Å². The molecule has 0 bridgehead atoms. The highest BCUT2D eigenvalue weighted by Gasteiger charge is 2.37. The van der Waals surface area contributed by atoms with Crippen molar-refractivity contribution in [2.24, 2.45) is 0 Å². The highest BCUT2D eigenvalue weighted by atomic mass is 32.5. The van der Waals surface area contributed by atoms with Crippen molar-refractivity contribution in [2.75, 3.05) is 26.2 Å². The van der Waals surface area contributed by atoms with E-state index in [-0.39, 0.29) is 0 Å². The molecule has 0 unspecified atom stereocenters. The van der Waals surface area contributed by atoms with Crippen molar-refractivity contribution in [1.82, 2.24) is 20.4 Å². The first-order chi connectivity index (χ1) is 10.3. The number of para-hydroxylation sites is 1. The van der Waals surface area contributed by atoms with Crippen LogP contribution < -0.4 is 15.4 Å². The minimum Gasteiger partial charge on any atom is -0.439 e. The molecule has 2 saturated heterocycles. The Morgan fingerprint density at radius 3 is 1.95 bits per heavy atom. The van der Waals surface area contributed by atoms with Crippen molar-refractivity contribution >= 4 is 18.4 Å². The van der Waals surface area contributed by atoms with Gasteiger partial charge < -0.3 is 4.52 Å². The Kier molecular flexibility index (Phi) is 5.27. The molecule has 1 aromatic rings. The molecule has 5 nitrogen and oxygen atoms in total. The third-order valence-electron chi connectivity index (χ3n) is 3.76. The van der Waals surface area contributed by atoms with Crippen LogP contribution in [0.3, 0.4) is 0 Å². The number of nitrogens with one attached hydrogen (secondary N) is 2. The maximum atomic E-state index is 6.33. The van der Waals surface area contributed by atoms with Crippen molar-refractivity contribution in [3.63, 3.8) is 0 Å². The van der Waals surface area contributed by atoms with E-state index in [1.54, 1.807) is 0 Å². The number of hydrazine groups is 2. The zero-order valence-corrected chi connectivity index (χ0v) is 13.9. The summed E-state index contributed by atoms with van der Waals surface area (Å²) in [5.74, 6) is 0.848. The Labute approximate surface area is 131 Å². The minimum absolute atomic E-state index is 0.848. The SMILES string of the molecule is S=P(Oc1ccccc1)(N1CCCCN1)N1CCCCN1. The molecule has 3 rings (SSSR count). The summed E-state index contributed by atoms with van der Waals surface area (Å²) in [5, 5.41) is 0. The van der Waals surface area contributed by atoms with Crippen LogP contribution in [-0.4, -0.2) is 35.7 Å². The molecule has 0 saturated carbocycles. The van der Waals surface area contributed by atoms with Crippen molar-refractivity contribution < 1.29 is 4.52 Å². The van der Waals surface area contributed by atoms with Gasteiger partial charge in [-0.1, -0.05) is 18.2 Å². The third-order valence-corrected chi connectivity index (χ3v) is 7.52. The van der Waals surface area contributed by atoms with E-state index in [9.17, 15) is 0 Å². The van der Waals surface area contributed by atoms with E-state index in [1.807, 2.05) is 30.3 Å². The Morgan fingerprint density at radius 1 is 0.905 bits per heavy atom. The number of nitrogens with zero attached hydrogens (tertiary/aromatic N) is 2. The second-order valence-electron chi connectivity index (χ2n) is 5.37. The van der Waals surface area contributed by atoms with Crippen LogP contribution >= 0.6 is 6.57 Å². The van der Waals surface area contributed by atoms with E-state index in [1.165, 1.54) is 12.8 Å². The third kappa shape index (κ3) is 3.65. The normalized spacial score (nSPS) is 22.1. The smallest absolute Gasteiger partial charge is 0.280 e. The lowest BCUT2D eigenvalue weighted by Crippen LogP contribution is -2.51. The molecule has 0 atom stereocenters. The maximum Gasteiger partial charge on any atom is 0.280 e. The van der Waals surface area contributed by atoms with E-state index in [0.717, 1.165) is 44.8 Å². The van der Waals surface area contributed by atoms with Gasteiger partial charge in [-0.15, -0.1) is 0 Å². The summed E-state index contributed by atoms with van der Waals surface area (Å²) in [7, 11) is 0. The maximum absolute atomic E-state index is 6.33. The molecule has 2 N–H and O–H groups in total. The predicted molar refractivity (Wildman–Crippen MR) is 89.2 cm³/mol. The second-order valence-corrected chi connectivity index (χ2v) is 8.93. The van der Waals surface area contributed by atoms with E-state index in [0.29, 0.717) is 0 Å². The van der Waals surface area contributed by atoms with Crippen LogP contribution in [0.4, 0.5) is 0 Å². The molecule has 2 aliphatic heterocycles. The fourth-order valence-electron chi connectivity index (χ4n) is 2.63. The first-order valence-corrected chi connectivity index (χ1v) is 10.3. The van der Waals surface area contributed by atoms with Crippen LogP contribution in [-0.2, 0) is 11.8 Å². The van der Waals surface area contributed by atoms with Gasteiger partial charge in [0.15, 0.2) is 0 Å². The lowest BCUT2D eigenvalue weighted by atomic mass is 10.3. The summed E-state index contributed by atoms with van der Waals surface area (Å²) in [6.45, 7) is 1.53. The number of hydrogen-bond acceptors (Lipinski definition) is 4. The van der Waals surface area contributed by atoms with E-state index < -0.39 is 6.57 Å². The predicted octanol–water partition coefficient (Wildman–Crippen LogP) is 2.49. The Hall–Kier alpha value is -0.490. The van der Waals surface area contributed by atoms with Gasteiger partial charge in [-0.25, -0.2) is 10.9 Å². The van der Waals surface area contributed by atoms with E-state index in [2.05, 4.69) is 20.4 Å². The zero-order chi connectivity index (χ0) is 14.5. The summed E-state index contributed by atoms with van der Waals surface area (Å²) >= 11 is 6.04. The fraction of sp³-hybridized carbons (Fsp3) is 0.571. The molecule has 0 amide bonds. The Bertz CT molecular complexity index is 467. The van der Waals surface area contributed by atoms with Gasteiger partial charge in [0, 0.05) is 26.2 Å². The van der Waals surface area contributed by atoms with Crippen molar-refractivity contribution in [3.05, 3.63) is 30.3 Å². The van der Waals surface area contributed by atoms with Crippen molar-refractivity contribution in [2.45, 2.75) is 25.7 Å². The Morgan fingerprint density at radius 2 is 1.48 bits per heavy atom. The van der Waals surface area contributed by atoms with E-state index in [4.69, 9.17) is 16.3 Å². The van der Waals surface area contributed by atoms with Gasteiger partial charge in [-0.2, -0.15) is 9.56 Å². The first kappa shape index (κ1) is 15.4. The molecule has 1 aromatic carbocycles. The van der Waals surface area contributed by atoms with Gasteiger partial charge in [-0.05, 0) is 49.6 Å². The van der Waals surface area contributed by atoms with Gasteiger partial charge in [0.2, 0.25) is 0 Å². The summed E-state index contributed by atoms with van der Waals surface area (Å²) in [6.07, 6.45) is 4.73. The minimum atomic E-state index is -2.31. The molecule has 0 spiro atoms. The molecule has 21 heavy (non-hydrogen) atoms. The average Bonchev–Trinajstić information content (AvgIpc) is 2.57. The topological polar surface area (TPSA) is 39.8 Å². The van der Waals surface area contributed by atoms with Crippen LogP contribution in [0.25, 0.3) is 0 Å². The molecule has 2 aliphatic rings. The van der Waals surface area contributed by atoms with Crippen LogP contribution in [0.15, 0.2) is 30.3 Å². The first-order valence-electron chi connectivity index (χ1n) is 7.67. The molecule has 0 aliphatic carbocycles. The monoisotopic (exact) mass is 326 g/mol. The molecule has 0 aromatic heterocycles. The molecule has 2 fully saturated rings. The standard InChI is InChI=1S/C14H23N4OPS/c21-20(17-12-6-4-10-15-17,18-13-7-5-11-16-18)19-14-8-2-1-3-9-14/h1-3,8-9,15-16H,4-7,10-13H2. The largest absolute Gasteiger partial charge is 0.439 e. The summed E-state index contributed by atoms with van der Waals surface area (Å²) in [6, 6.07) is 9.93. The molecular formula is C14H23N4OPS. The highest BCUT2D eigenvalue weighted by Crippen LogP contribution is 2.53. The van der Waals surface area contributed by atoms with Crippen LogP contribution in [0.5, 0.6) is 5.75 Å². The van der Waals surface area contributed by atoms with Crippen LogP contribution in [0.1, 0.15) is 25.7 Å². The summed E-state index contributed by atoms with van der Waals surface area (Å²) in [5.41, 5.74) is 6.90. The number of benzene rings is 1. The average molecular weight is 326 g/mol. The van der Waals surface area contributed by atoms with Gasteiger partial charge >= 0.3 is 0 Å². The van der Waals surface area contributed by atoms with E-state index >= 15 is 0 Å². The van der Waals surface area contributed by atoms with Gasteiger partial charge in [0.05, 0.1) is 0 Å². The Balaban J connectivity index is 1.83. The molecular weight excluding hydrogens is 303 g/mol. The lowest BCUT2D eigenvalue weighted by molar-refractivity contribution is 0.196. The zero-order valence-electron chi connectivity index (χ0n) is 12.2. The number of rotatable bonds is 4. The van der Waals surface area contributed by atoms with Crippen molar-refractivity contribution in [3.8, 4) is 5.75 Å². The molecule has 116 valence electrons. The number of hydrogen-bond donors (Lipinski definition) is 2. The quantitative estimate of drug-likeness (QED) is 0.829. The molecule has 2 heterocycles. The fourth-order valence-corrected chi connectivity index (χ4v) is 5.92. The molecule has 7 heteroatoms. The molecule has 0 radical (unpaired) electrons. The van der Waals surface area contributed by atoms with Crippen LogP contribution in [0, 0.1) is 0 Å². The highest BCUT2D eigenvalue weighted by molar-refractivity contribution is 8.10. The lowest BCUT2D eigenvalue weighted by Gasteiger charge is -2.44. The summed E-state index contributed by atoms with van der Waals surface area (Å²) in [4.78, 5) is 0. The second kappa shape index (κ2) is 7.18.